The smallest absolute Gasteiger partial charge is 0.335 e. The predicted molar refractivity (Wildman–Crippen MR) is 121 cm³/mol. The zero-order chi connectivity index (χ0) is 23.3. The second-order valence-corrected chi connectivity index (χ2v) is 9.16. The third-order valence-corrected chi connectivity index (χ3v) is 6.10. The van der Waals surface area contributed by atoms with Crippen LogP contribution >= 0.6 is 0 Å². The molecule has 0 bridgehead atoms. The Morgan fingerprint density at radius 3 is 2.50 bits per heavy atom. The van der Waals surface area contributed by atoms with Gasteiger partial charge < -0.3 is 15.4 Å². The summed E-state index contributed by atoms with van der Waals surface area (Å²) in [5.41, 5.74) is 3.10. The summed E-state index contributed by atoms with van der Waals surface area (Å²) in [6, 6.07) is 12.8. The molecule has 0 radical (unpaired) electrons. The van der Waals surface area contributed by atoms with E-state index in [2.05, 4.69) is 10.6 Å². The highest BCUT2D eigenvalue weighted by Gasteiger charge is 2.29. The number of hydrogen-bond donors (Lipinski definition) is 3. The van der Waals surface area contributed by atoms with Crippen molar-refractivity contribution in [3.05, 3.63) is 70.9 Å². The van der Waals surface area contributed by atoms with Crippen LogP contribution < -0.4 is 15.8 Å². The van der Waals surface area contributed by atoms with Gasteiger partial charge in [-0.15, -0.1) is 0 Å². The van der Waals surface area contributed by atoms with Crippen molar-refractivity contribution in [2.24, 2.45) is 5.14 Å². The topological polar surface area (TPSA) is 128 Å². The van der Waals surface area contributed by atoms with Crippen molar-refractivity contribution < 1.29 is 22.7 Å². The van der Waals surface area contributed by atoms with Crippen molar-refractivity contribution in [3.63, 3.8) is 0 Å². The standard InChI is InChI=1S/C23H27N3O5S/c1-3-31-23(28)19-8-5-9-20(25-17-7-4-6-15(2)14-17)21(19)26-22(27)16-10-12-18(13-11-16)32(24,29)30/h4,6-7,10-14,20,25H,3,5,8-9H2,1-2H3,(H,26,27)(H2,24,29,30). The number of rotatable bonds is 7. The Bertz CT molecular complexity index is 1140. The Labute approximate surface area is 187 Å². The number of nitrogens with one attached hydrogen (secondary N) is 2. The predicted octanol–water partition coefficient (Wildman–Crippen LogP) is 2.85. The minimum atomic E-state index is -3.86. The molecule has 2 aromatic rings. The lowest BCUT2D eigenvalue weighted by molar-refractivity contribution is -0.138. The molecule has 1 aliphatic carbocycles. The number of amides is 1. The van der Waals surface area contributed by atoms with E-state index in [-0.39, 0.29) is 23.1 Å². The van der Waals surface area contributed by atoms with Gasteiger partial charge in [0.2, 0.25) is 10.0 Å². The first kappa shape index (κ1) is 23.5. The van der Waals surface area contributed by atoms with Gasteiger partial charge in [0.15, 0.2) is 0 Å². The number of anilines is 1. The Balaban J connectivity index is 1.91. The first-order chi connectivity index (χ1) is 15.2. The zero-order valence-corrected chi connectivity index (χ0v) is 18.9. The number of nitrogens with two attached hydrogens (primary N) is 1. The fourth-order valence-electron chi connectivity index (χ4n) is 3.64. The molecule has 8 nitrogen and oxygen atoms in total. The highest BCUT2D eigenvalue weighted by atomic mass is 32.2. The molecule has 0 aliphatic heterocycles. The van der Waals surface area contributed by atoms with E-state index in [1.165, 1.54) is 24.3 Å². The number of benzene rings is 2. The van der Waals surface area contributed by atoms with Gasteiger partial charge in [-0.2, -0.15) is 0 Å². The molecule has 0 saturated heterocycles. The quantitative estimate of drug-likeness (QED) is 0.549. The summed E-state index contributed by atoms with van der Waals surface area (Å²) >= 11 is 0. The molecule has 0 heterocycles. The van der Waals surface area contributed by atoms with Gasteiger partial charge in [0, 0.05) is 11.3 Å². The Hall–Kier alpha value is -3.17. The SMILES string of the molecule is CCOC(=O)C1=C(NC(=O)c2ccc(S(N)(=O)=O)cc2)C(Nc2cccc(C)c2)CCC1. The van der Waals surface area contributed by atoms with E-state index in [0.29, 0.717) is 17.7 Å². The number of esters is 1. The van der Waals surface area contributed by atoms with Gasteiger partial charge in [-0.05, 0) is 75.1 Å². The zero-order valence-electron chi connectivity index (χ0n) is 18.1. The molecule has 0 aromatic heterocycles. The van der Waals surface area contributed by atoms with Crippen LogP contribution in [0.4, 0.5) is 5.69 Å². The highest BCUT2D eigenvalue weighted by molar-refractivity contribution is 7.89. The maximum atomic E-state index is 12.9. The molecular weight excluding hydrogens is 430 g/mol. The number of sulfonamides is 1. The van der Waals surface area contributed by atoms with Crippen LogP contribution in [-0.4, -0.2) is 32.9 Å². The highest BCUT2D eigenvalue weighted by Crippen LogP contribution is 2.28. The van der Waals surface area contributed by atoms with E-state index < -0.39 is 21.9 Å². The number of primary sulfonamides is 1. The fraction of sp³-hybridized carbons (Fsp3) is 0.304. The van der Waals surface area contributed by atoms with Crippen molar-refractivity contribution >= 4 is 27.6 Å². The molecule has 1 aliphatic rings. The van der Waals surface area contributed by atoms with Crippen LogP contribution in [0.25, 0.3) is 0 Å². The fourth-order valence-corrected chi connectivity index (χ4v) is 4.15. The molecule has 3 rings (SSSR count). The molecule has 0 fully saturated rings. The van der Waals surface area contributed by atoms with Crippen LogP contribution in [0.15, 0.2) is 64.7 Å². The normalized spacial score (nSPS) is 16.4. The molecule has 1 unspecified atom stereocenters. The number of aryl methyl sites for hydroxylation is 1. The van der Waals surface area contributed by atoms with Crippen molar-refractivity contribution in [1.29, 1.82) is 0 Å². The van der Waals surface area contributed by atoms with Crippen LogP contribution in [-0.2, 0) is 19.6 Å². The van der Waals surface area contributed by atoms with Gasteiger partial charge in [-0.25, -0.2) is 18.4 Å². The van der Waals surface area contributed by atoms with Crippen molar-refractivity contribution in [3.8, 4) is 0 Å². The average Bonchev–Trinajstić information content (AvgIpc) is 2.74. The monoisotopic (exact) mass is 457 g/mol. The second kappa shape index (κ2) is 9.97. The molecule has 0 spiro atoms. The van der Waals surface area contributed by atoms with Crippen LogP contribution in [0.5, 0.6) is 0 Å². The molecule has 4 N–H and O–H groups in total. The number of carbonyl (C=O) groups excluding carboxylic acids is 2. The van der Waals surface area contributed by atoms with Crippen molar-refractivity contribution in [2.75, 3.05) is 11.9 Å². The van der Waals surface area contributed by atoms with Gasteiger partial charge in [-0.1, -0.05) is 12.1 Å². The Morgan fingerprint density at radius 2 is 1.88 bits per heavy atom. The van der Waals surface area contributed by atoms with E-state index in [4.69, 9.17) is 9.88 Å². The minimum absolute atomic E-state index is 0.0860. The van der Waals surface area contributed by atoms with E-state index in [1.54, 1.807) is 6.92 Å². The van der Waals surface area contributed by atoms with Gasteiger partial charge in [-0.3, -0.25) is 4.79 Å². The van der Waals surface area contributed by atoms with E-state index in [1.807, 2.05) is 31.2 Å². The van der Waals surface area contributed by atoms with Crippen LogP contribution in [0.2, 0.25) is 0 Å². The summed E-state index contributed by atoms with van der Waals surface area (Å²) in [6.07, 6.45) is 1.97. The molecule has 32 heavy (non-hydrogen) atoms. The van der Waals surface area contributed by atoms with Gasteiger partial charge in [0.1, 0.15) is 0 Å². The van der Waals surface area contributed by atoms with Gasteiger partial charge in [0.25, 0.3) is 5.91 Å². The first-order valence-electron chi connectivity index (χ1n) is 10.4. The van der Waals surface area contributed by atoms with Crippen LogP contribution in [0.1, 0.15) is 42.1 Å². The number of hydrogen-bond acceptors (Lipinski definition) is 6. The van der Waals surface area contributed by atoms with E-state index in [0.717, 1.165) is 24.1 Å². The lowest BCUT2D eigenvalue weighted by Gasteiger charge is -2.30. The van der Waals surface area contributed by atoms with Crippen LogP contribution in [0, 0.1) is 6.92 Å². The number of carbonyl (C=O) groups is 2. The third-order valence-electron chi connectivity index (χ3n) is 5.17. The maximum Gasteiger partial charge on any atom is 0.335 e. The van der Waals surface area contributed by atoms with Crippen molar-refractivity contribution in [1.82, 2.24) is 5.32 Å². The number of ether oxygens (including phenoxy) is 1. The van der Waals surface area contributed by atoms with Gasteiger partial charge in [0.05, 0.1) is 28.8 Å². The second-order valence-electron chi connectivity index (χ2n) is 7.59. The summed E-state index contributed by atoms with van der Waals surface area (Å²) in [6.45, 7) is 3.95. The molecule has 0 saturated carbocycles. The molecule has 2 aromatic carbocycles. The molecule has 1 atom stereocenters. The lowest BCUT2D eigenvalue weighted by Crippen LogP contribution is -2.39. The summed E-state index contributed by atoms with van der Waals surface area (Å²) in [5, 5.41) is 11.4. The summed E-state index contributed by atoms with van der Waals surface area (Å²) in [4.78, 5) is 25.5. The maximum absolute atomic E-state index is 12.9. The Morgan fingerprint density at radius 1 is 1.16 bits per heavy atom. The summed E-state index contributed by atoms with van der Waals surface area (Å²) in [5.74, 6) is -0.913. The van der Waals surface area contributed by atoms with Crippen LogP contribution in [0.3, 0.4) is 0 Å². The third kappa shape index (κ3) is 5.74. The largest absolute Gasteiger partial charge is 0.463 e. The van der Waals surface area contributed by atoms with E-state index in [9.17, 15) is 18.0 Å². The van der Waals surface area contributed by atoms with Gasteiger partial charge >= 0.3 is 5.97 Å². The molecule has 9 heteroatoms. The summed E-state index contributed by atoms with van der Waals surface area (Å²) < 4.78 is 28.1. The van der Waals surface area contributed by atoms with Crippen molar-refractivity contribution in [2.45, 2.75) is 44.0 Å². The summed E-state index contributed by atoms with van der Waals surface area (Å²) in [7, 11) is -3.86. The molecule has 170 valence electrons. The first-order valence-corrected chi connectivity index (χ1v) is 11.9. The van der Waals surface area contributed by atoms with E-state index >= 15 is 0 Å². The average molecular weight is 458 g/mol. The Kier molecular flexibility index (Phi) is 7.32. The minimum Gasteiger partial charge on any atom is -0.463 e. The lowest BCUT2D eigenvalue weighted by atomic mass is 9.91. The molecular formula is C23H27N3O5S. The molecule has 1 amide bonds.